The number of rotatable bonds is 9. The van der Waals surface area contributed by atoms with Gasteiger partial charge in [-0.15, -0.1) is 9.89 Å². The van der Waals surface area contributed by atoms with Crippen molar-refractivity contribution < 1.29 is 30.7 Å². The van der Waals surface area contributed by atoms with Crippen LogP contribution in [0.5, 0.6) is 0 Å². The van der Waals surface area contributed by atoms with Crippen LogP contribution in [0.25, 0.3) is 11.4 Å². The Kier molecular flexibility index (Phi) is 8.89. The number of anilines is 2. The van der Waals surface area contributed by atoms with E-state index in [2.05, 4.69) is 29.2 Å². The molecule has 0 fully saturated rings. The van der Waals surface area contributed by atoms with Crippen LogP contribution in [-0.4, -0.2) is 71.2 Å². The lowest BCUT2D eigenvalue weighted by Gasteiger charge is -2.21. The highest BCUT2D eigenvalue weighted by molar-refractivity contribution is 7.86. The Balaban J connectivity index is 1.41. The fraction of sp³-hybridized carbons (Fsp3) is 0.258. The topological polar surface area (TPSA) is 197 Å². The first-order valence-electron chi connectivity index (χ1n) is 14.5. The molecule has 0 saturated heterocycles. The number of benzene rings is 3. The summed E-state index contributed by atoms with van der Waals surface area (Å²) in [5.41, 5.74) is 3.30. The van der Waals surface area contributed by atoms with Crippen LogP contribution in [-0.2, 0) is 20.2 Å². The van der Waals surface area contributed by atoms with Gasteiger partial charge in [-0.05, 0) is 80.6 Å². The predicted octanol–water partition coefficient (Wildman–Crippen LogP) is 4.92. The van der Waals surface area contributed by atoms with Gasteiger partial charge in [0.05, 0.1) is 21.2 Å². The van der Waals surface area contributed by atoms with Gasteiger partial charge in [-0.1, -0.05) is 20.8 Å². The molecule has 5 rings (SSSR count). The molecule has 1 aliphatic heterocycles. The van der Waals surface area contributed by atoms with E-state index >= 15 is 0 Å². The van der Waals surface area contributed by atoms with Gasteiger partial charge in [0.2, 0.25) is 5.82 Å². The van der Waals surface area contributed by atoms with Crippen molar-refractivity contribution in [2.24, 2.45) is 15.5 Å². The van der Waals surface area contributed by atoms with Crippen LogP contribution in [0, 0.1) is 5.41 Å². The zero-order chi connectivity index (χ0) is 34.3. The van der Waals surface area contributed by atoms with Crippen molar-refractivity contribution in [3.8, 4) is 11.4 Å². The smallest absolute Gasteiger partial charge is 0.294 e. The summed E-state index contributed by atoms with van der Waals surface area (Å²) in [5, 5.41) is 11.8. The summed E-state index contributed by atoms with van der Waals surface area (Å²) >= 11 is 0. The molecule has 0 saturated carbocycles. The van der Waals surface area contributed by atoms with E-state index in [1.165, 1.54) is 4.79 Å². The monoisotopic (exact) mass is 679 g/mol. The lowest BCUT2D eigenvalue weighted by atomic mass is 9.87. The number of hydrogen-bond donors (Lipinski definition) is 3. The third kappa shape index (κ3) is 7.30. The van der Waals surface area contributed by atoms with Crippen LogP contribution in [0.15, 0.2) is 86.6 Å². The Morgan fingerprint density at radius 3 is 1.98 bits per heavy atom. The Hall–Kier alpha value is -4.77. The number of aliphatic imine (C=N–C) groups is 1. The largest absolute Gasteiger partial charge is 0.372 e. The van der Waals surface area contributed by atoms with E-state index in [-0.39, 0.29) is 11.1 Å². The number of fused-ring (bicyclic) bond motifs is 1. The van der Waals surface area contributed by atoms with Crippen molar-refractivity contribution in [3.05, 3.63) is 78.1 Å². The fourth-order valence-electron chi connectivity index (χ4n) is 4.86. The third-order valence-electron chi connectivity index (χ3n) is 7.29. The van der Waals surface area contributed by atoms with Gasteiger partial charge in [-0.2, -0.15) is 21.9 Å². The lowest BCUT2D eigenvalue weighted by molar-refractivity contribution is 0.102. The number of carbonyl (C=O) groups is 1. The molecular weight excluding hydrogens is 647 g/mol. The van der Waals surface area contributed by atoms with Gasteiger partial charge in [-0.3, -0.25) is 13.9 Å². The first-order valence-corrected chi connectivity index (χ1v) is 17.4. The molecule has 0 spiro atoms. The van der Waals surface area contributed by atoms with E-state index in [1.807, 2.05) is 45.0 Å². The summed E-state index contributed by atoms with van der Waals surface area (Å²) in [4.78, 5) is 24.5. The van der Waals surface area contributed by atoms with Crippen molar-refractivity contribution in [1.82, 2.24) is 14.9 Å². The summed E-state index contributed by atoms with van der Waals surface area (Å²) < 4.78 is 65.2. The molecule has 0 bridgehead atoms. The van der Waals surface area contributed by atoms with E-state index in [0.29, 0.717) is 29.0 Å². The Bertz CT molecular complexity index is 2080. The second-order valence-corrected chi connectivity index (χ2v) is 14.5. The van der Waals surface area contributed by atoms with Gasteiger partial charge in [0, 0.05) is 41.0 Å². The highest BCUT2D eigenvalue weighted by Gasteiger charge is 2.35. The van der Waals surface area contributed by atoms with Crippen LogP contribution in [0.2, 0.25) is 0 Å². The second-order valence-electron chi connectivity index (χ2n) is 11.7. The molecule has 2 heterocycles. The van der Waals surface area contributed by atoms with Gasteiger partial charge in [-0.25, -0.2) is 9.98 Å². The van der Waals surface area contributed by atoms with Crippen LogP contribution in [0.1, 0.15) is 50.8 Å². The molecular formula is C31H33N7O7S2. The van der Waals surface area contributed by atoms with E-state index in [9.17, 15) is 30.7 Å². The molecule has 4 aromatic rings. The van der Waals surface area contributed by atoms with Crippen molar-refractivity contribution in [2.75, 3.05) is 23.3 Å². The van der Waals surface area contributed by atoms with Gasteiger partial charge >= 0.3 is 0 Å². The maximum atomic E-state index is 12.9. The second kappa shape index (κ2) is 12.4. The predicted molar refractivity (Wildman–Crippen MR) is 178 cm³/mol. The quantitative estimate of drug-likeness (QED) is 0.204. The molecule has 246 valence electrons. The Morgan fingerprint density at radius 1 is 0.894 bits per heavy atom. The summed E-state index contributed by atoms with van der Waals surface area (Å²) in [7, 11) is -9.76. The maximum absolute atomic E-state index is 12.9. The summed E-state index contributed by atoms with van der Waals surface area (Å²) in [6.07, 6.45) is 0. The zero-order valence-corrected chi connectivity index (χ0v) is 27.8. The van der Waals surface area contributed by atoms with Gasteiger partial charge in [0.25, 0.3) is 26.1 Å². The van der Waals surface area contributed by atoms with E-state index < -0.39 is 41.5 Å². The number of amides is 1. The molecule has 0 radical (unpaired) electrons. The molecule has 0 atom stereocenters. The normalized spacial score (nSPS) is 14.2. The average molecular weight is 680 g/mol. The number of nitrogens with one attached hydrogen (secondary N) is 1. The van der Waals surface area contributed by atoms with Crippen molar-refractivity contribution in [1.29, 1.82) is 0 Å². The third-order valence-corrected chi connectivity index (χ3v) is 8.95. The van der Waals surface area contributed by atoms with E-state index in [0.717, 1.165) is 42.3 Å². The molecule has 47 heavy (non-hydrogen) atoms. The summed E-state index contributed by atoms with van der Waals surface area (Å²) in [5.74, 6) is -0.0523. The SMILES string of the molecule is CCN(CC)c1ccc(N=C2C(C(C)(C)C)=Nn3nc(-c4ccc(NC(=O)c5cc(S(=O)(=O)O)cc(S(=O)(=O)O)c5)cc4)nc32)cc1. The van der Waals surface area contributed by atoms with E-state index in [4.69, 9.17) is 15.1 Å². The van der Waals surface area contributed by atoms with Crippen molar-refractivity contribution in [3.63, 3.8) is 0 Å². The molecule has 3 N–H and O–H groups in total. The Labute approximate surface area is 272 Å². The standard InChI is InChI=1S/C31H33N7O7S2/c1-6-37(7-2)23-14-12-21(13-15-23)32-26-27(31(3,4)5)35-38-29(26)34-28(36-38)19-8-10-22(11-9-19)33-30(39)20-16-24(46(40,41)42)18-25(17-20)47(43,44)45/h8-18H,6-7H2,1-5H3,(H,33,39)(H,40,41,42)(H,43,44,45). The number of hydrogen-bond acceptors (Lipinski definition) is 10. The molecule has 1 aromatic heterocycles. The van der Waals surface area contributed by atoms with E-state index in [1.54, 1.807) is 24.3 Å². The molecule has 0 aliphatic carbocycles. The number of aromatic nitrogens is 3. The number of nitrogens with zero attached hydrogens (tertiary/aromatic N) is 6. The molecule has 14 nitrogen and oxygen atoms in total. The summed E-state index contributed by atoms with van der Waals surface area (Å²) in [6, 6.07) is 16.5. The maximum Gasteiger partial charge on any atom is 0.294 e. The summed E-state index contributed by atoms with van der Waals surface area (Å²) in [6.45, 7) is 12.1. The van der Waals surface area contributed by atoms with Crippen LogP contribution in [0.4, 0.5) is 17.1 Å². The average Bonchev–Trinajstić information content (AvgIpc) is 3.57. The van der Waals surface area contributed by atoms with Crippen LogP contribution in [0.3, 0.4) is 0 Å². The minimum atomic E-state index is -4.88. The highest BCUT2D eigenvalue weighted by atomic mass is 32.2. The number of carbonyl (C=O) groups excluding carboxylic acids is 1. The molecule has 1 aliphatic rings. The molecule has 3 aromatic carbocycles. The van der Waals surface area contributed by atoms with Crippen LogP contribution >= 0.6 is 0 Å². The molecule has 16 heteroatoms. The van der Waals surface area contributed by atoms with Crippen molar-refractivity contribution >= 4 is 54.6 Å². The van der Waals surface area contributed by atoms with Crippen molar-refractivity contribution in [2.45, 2.75) is 44.4 Å². The molecule has 1 amide bonds. The lowest BCUT2D eigenvalue weighted by Crippen LogP contribution is -2.27. The Morgan fingerprint density at radius 2 is 1.47 bits per heavy atom. The zero-order valence-electron chi connectivity index (χ0n) is 26.2. The highest BCUT2D eigenvalue weighted by Crippen LogP contribution is 2.30. The fourth-order valence-corrected chi connectivity index (χ4v) is 6.04. The van der Waals surface area contributed by atoms with Gasteiger partial charge in [0.15, 0.2) is 5.82 Å². The first-order chi connectivity index (χ1) is 22.0. The van der Waals surface area contributed by atoms with Crippen LogP contribution < -0.4 is 10.2 Å². The minimum absolute atomic E-state index is 0.277. The van der Waals surface area contributed by atoms with Gasteiger partial charge in [0.1, 0.15) is 5.71 Å². The van der Waals surface area contributed by atoms with Gasteiger partial charge < -0.3 is 10.2 Å². The first kappa shape index (κ1) is 33.6. The molecule has 0 unspecified atom stereocenters. The minimum Gasteiger partial charge on any atom is -0.372 e.